The van der Waals surface area contributed by atoms with Crippen LogP contribution in [0.3, 0.4) is 0 Å². The van der Waals surface area contributed by atoms with Crippen LogP contribution in [0, 0.1) is 0 Å². The van der Waals surface area contributed by atoms with Crippen LogP contribution in [0.5, 0.6) is 0 Å². The Hall–Kier alpha value is -1.06. The van der Waals surface area contributed by atoms with Crippen molar-refractivity contribution in [1.29, 1.82) is 0 Å². The number of hydrogen-bond donors (Lipinski definition) is 1. The lowest BCUT2D eigenvalue weighted by Crippen LogP contribution is -1.97. The largest absolute Gasteiger partial charge is 0.388 e. The highest BCUT2D eigenvalue weighted by Gasteiger charge is 2.07. The number of thiophene rings is 1. The fourth-order valence-corrected chi connectivity index (χ4v) is 2.45. The molecular weight excluding hydrogens is 218 g/mol. The molecule has 0 saturated heterocycles. The van der Waals surface area contributed by atoms with Crippen molar-refractivity contribution >= 4 is 11.3 Å². The first-order valence-corrected chi connectivity index (χ1v) is 6.58. The first-order valence-electron chi connectivity index (χ1n) is 5.64. The molecule has 1 unspecified atom stereocenters. The number of hydrogen-bond acceptors (Lipinski definition) is 2. The molecule has 0 aliphatic carbocycles. The lowest BCUT2D eigenvalue weighted by molar-refractivity contribution is 0.166. The first kappa shape index (κ1) is 11.4. The fourth-order valence-electron chi connectivity index (χ4n) is 1.79. The molecule has 0 fully saturated rings. The zero-order chi connectivity index (χ0) is 11.4. The smallest absolute Gasteiger partial charge is 0.0804 e. The molecule has 0 aliphatic rings. The van der Waals surface area contributed by atoms with E-state index in [-0.39, 0.29) is 6.10 Å². The van der Waals surface area contributed by atoms with Gasteiger partial charge in [-0.3, -0.25) is 0 Å². The van der Waals surface area contributed by atoms with E-state index < -0.39 is 0 Å². The summed E-state index contributed by atoms with van der Waals surface area (Å²) < 4.78 is 2.12. The van der Waals surface area contributed by atoms with Crippen molar-refractivity contribution in [2.24, 2.45) is 0 Å². The van der Waals surface area contributed by atoms with E-state index in [4.69, 9.17) is 0 Å². The van der Waals surface area contributed by atoms with Gasteiger partial charge < -0.3 is 9.67 Å². The van der Waals surface area contributed by atoms with Gasteiger partial charge in [0.05, 0.1) is 6.10 Å². The van der Waals surface area contributed by atoms with Gasteiger partial charge in [-0.1, -0.05) is 13.3 Å². The maximum Gasteiger partial charge on any atom is 0.0804 e. The molecule has 16 heavy (non-hydrogen) atoms. The van der Waals surface area contributed by atoms with Gasteiger partial charge in [-0.15, -0.1) is 0 Å². The summed E-state index contributed by atoms with van der Waals surface area (Å²) in [5, 5.41) is 14.1. The third kappa shape index (κ3) is 2.74. The van der Waals surface area contributed by atoms with Crippen LogP contribution in [0.2, 0.25) is 0 Å². The molecule has 0 amide bonds. The second kappa shape index (κ2) is 5.32. The Morgan fingerprint density at radius 3 is 3.00 bits per heavy atom. The van der Waals surface area contributed by atoms with E-state index in [1.165, 1.54) is 5.56 Å². The van der Waals surface area contributed by atoms with Crippen LogP contribution in [0.1, 0.15) is 37.0 Å². The SMILES string of the molecule is CCCC(O)c1ccn(Cc2ccsc2)c1. The molecule has 0 spiro atoms. The summed E-state index contributed by atoms with van der Waals surface area (Å²) in [6.07, 6.45) is 5.61. The molecule has 2 nitrogen and oxygen atoms in total. The fraction of sp³-hybridized carbons (Fsp3) is 0.385. The summed E-state index contributed by atoms with van der Waals surface area (Å²) in [4.78, 5) is 0. The van der Waals surface area contributed by atoms with Gasteiger partial charge in [-0.05, 0) is 40.4 Å². The molecule has 1 N–H and O–H groups in total. The summed E-state index contributed by atoms with van der Waals surface area (Å²) >= 11 is 1.72. The molecular formula is C13H17NOS. The normalized spacial score (nSPS) is 12.9. The van der Waals surface area contributed by atoms with Gasteiger partial charge in [0.15, 0.2) is 0 Å². The van der Waals surface area contributed by atoms with E-state index in [2.05, 4.69) is 28.3 Å². The standard InChI is InChI=1S/C13H17NOS/c1-2-3-13(15)12-4-6-14(9-12)8-11-5-7-16-10-11/h4-7,9-10,13,15H,2-3,8H2,1H3. The molecule has 3 heteroatoms. The van der Waals surface area contributed by atoms with Gasteiger partial charge in [0.25, 0.3) is 0 Å². The Morgan fingerprint density at radius 2 is 2.31 bits per heavy atom. The zero-order valence-corrected chi connectivity index (χ0v) is 10.3. The Morgan fingerprint density at radius 1 is 1.44 bits per heavy atom. The van der Waals surface area contributed by atoms with Crippen molar-refractivity contribution in [1.82, 2.24) is 4.57 Å². The van der Waals surface area contributed by atoms with Gasteiger partial charge in [-0.25, -0.2) is 0 Å². The van der Waals surface area contributed by atoms with Gasteiger partial charge in [0, 0.05) is 18.9 Å². The van der Waals surface area contributed by atoms with Gasteiger partial charge >= 0.3 is 0 Å². The molecule has 2 aromatic rings. The lowest BCUT2D eigenvalue weighted by atomic mass is 10.1. The van der Waals surface area contributed by atoms with E-state index in [0.717, 1.165) is 24.9 Å². The predicted molar refractivity (Wildman–Crippen MR) is 67.7 cm³/mol. The average molecular weight is 235 g/mol. The summed E-state index contributed by atoms with van der Waals surface area (Å²) in [6, 6.07) is 4.14. The first-order chi connectivity index (χ1) is 7.79. The zero-order valence-electron chi connectivity index (χ0n) is 9.47. The van der Waals surface area contributed by atoms with Crippen LogP contribution in [-0.2, 0) is 6.54 Å². The van der Waals surface area contributed by atoms with Crippen LogP contribution in [0.15, 0.2) is 35.3 Å². The number of nitrogens with zero attached hydrogens (tertiary/aromatic N) is 1. The highest BCUT2D eigenvalue weighted by molar-refractivity contribution is 7.07. The van der Waals surface area contributed by atoms with Crippen LogP contribution in [0.4, 0.5) is 0 Å². The van der Waals surface area contributed by atoms with Crippen molar-refractivity contribution in [3.63, 3.8) is 0 Å². The van der Waals surface area contributed by atoms with E-state index in [0.29, 0.717) is 0 Å². The number of aromatic nitrogens is 1. The average Bonchev–Trinajstić information content (AvgIpc) is 2.90. The van der Waals surface area contributed by atoms with E-state index >= 15 is 0 Å². The lowest BCUT2D eigenvalue weighted by Gasteiger charge is -2.06. The summed E-state index contributed by atoms with van der Waals surface area (Å²) in [5.74, 6) is 0. The third-order valence-corrected chi connectivity index (χ3v) is 3.40. The van der Waals surface area contributed by atoms with E-state index in [9.17, 15) is 5.11 Å². The Balaban J connectivity index is 2.02. The van der Waals surface area contributed by atoms with Crippen LogP contribution < -0.4 is 0 Å². The van der Waals surface area contributed by atoms with Crippen LogP contribution in [0.25, 0.3) is 0 Å². The third-order valence-electron chi connectivity index (χ3n) is 2.67. The van der Waals surface area contributed by atoms with Gasteiger partial charge in [-0.2, -0.15) is 11.3 Å². The Kier molecular flexibility index (Phi) is 3.80. The Labute approximate surface area is 100 Å². The molecule has 0 bridgehead atoms. The minimum atomic E-state index is -0.311. The second-order valence-electron chi connectivity index (χ2n) is 4.05. The Bertz CT molecular complexity index is 419. The quantitative estimate of drug-likeness (QED) is 0.844. The number of aliphatic hydroxyl groups excluding tert-OH is 1. The number of aliphatic hydroxyl groups is 1. The highest BCUT2D eigenvalue weighted by Crippen LogP contribution is 2.19. The molecule has 2 heterocycles. The molecule has 0 aromatic carbocycles. The van der Waals surface area contributed by atoms with Crippen LogP contribution in [-0.4, -0.2) is 9.67 Å². The second-order valence-corrected chi connectivity index (χ2v) is 4.83. The molecule has 0 aliphatic heterocycles. The van der Waals surface area contributed by atoms with E-state index in [1.54, 1.807) is 11.3 Å². The monoisotopic (exact) mass is 235 g/mol. The van der Waals surface area contributed by atoms with Crippen molar-refractivity contribution < 1.29 is 5.11 Å². The molecule has 2 aromatic heterocycles. The van der Waals surface area contributed by atoms with Crippen molar-refractivity contribution in [2.45, 2.75) is 32.4 Å². The molecule has 0 saturated carbocycles. The molecule has 1 atom stereocenters. The van der Waals surface area contributed by atoms with Crippen molar-refractivity contribution in [2.75, 3.05) is 0 Å². The predicted octanol–water partition coefficient (Wildman–Crippen LogP) is 3.43. The molecule has 2 rings (SSSR count). The minimum absolute atomic E-state index is 0.311. The summed E-state index contributed by atoms with van der Waals surface area (Å²) in [7, 11) is 0. The van der Waals surface area contributed by atoms with Crippen molar-refractivity contribution in [3.05, 3.63) is 46.4 Å². The molecule has 86 valence electrons. The van der Waals surface area contributed by atoms with Gasteiger partial charge in [0.1, 0.15) is 0 Å². The minimum Gasteiger partial charge on any atom is -0.388 e. The summed E-state index contributed by atoms with van der Waals surface area (Å²) in [5.41, 5.74) is 2.34. The topological polar surface area (TPSA) is 25.2 Å². The summed E-state index contributed by atoms with van der Waals surface area (Å²) in [6.45, 7) is 2.98. The molecule has 0 radical (unpaired) electrons. The number of rotatable bonds is 5. The van der Waals surface area contributed by atoms with E-state index in [1.807, 2.05) is 18.5 Å². The van der Waals surface area contributed by atoms with Gasteiger partial charge in [0.2, 0.25) is 0 Å². The maximum absolute atomic E-state index is 9.85. The van der Waals surface area contributed by atoms with Crippen LogP contribution >= 0.6 is 11.3 Å². The van der Waals surface area contributed by atoms with Crippen molar-refractivity contribution in [3.8, 4) is 0 Å². The maximum atomic E-state index is 9.85. The highest BCUT2D eigenvalue weighted by atomic mass is 32.1.